The number of aliphatic hydroxyl groups is 1. The SMILES string of the molecule is CCCCC(CC(C)CC)Cn1c(-c2cccc(OC)c2)nc2ccc(-c3ccc(O)cc3)cc2c1=O.CCCO.CF.FF. The number of alkyl halides is 1. The molecule has 0 radical (unpaired) electrons. The smallest absolute Gasteiger partial charge is 0.261 e. The second-order valence-corrected chi connectivity index (χ2v) is 10.8. The number of phenols is 1. The fourth-order valence-corrected chi connectivity index (χ4v) is 4.98. The number of benzene rings is 3. The van der Waals surface area contributed by atoms with E-state index in [1.54, 1.807) is 19.2 Å². The molecule has 0 fully saturated rings. The number of hydrogen-bond donors (Lipinski definition) is 2. The second-order valence-electron chi connectivity index (χ2n) is 10.8. The molecule has 248 valence electrons. The van der Waals surface area contributed by atoms with Gasteiger partial charge in [-0.15, -0.1) is 0 Å². The molecule has 2 unspecified atom stereocenters. The molecule has 0 bridgehead atoms. The molecule has 1 heterocycles. The quantitative estimate of drug-likeness (QED) is 0.163. The fourth-order valence-electron chi connectivity index (χ4n) is 4.98. The molecule has 0 aliphatic heterocycles. The number of rotatable bonds is 12. The van der Waals surface area contributed by atoms with Crippen LogP contribution >= 0.6 is 0 Å². The highest BCUT2D eigenvalue weighted by Crippen LogP contribution is 2.29. The first-order chi connectivity index (χ1) is 21.8. The molecule has 0 spiro atoms. The third kappa shape index (κ3) is 11.9. The van der Waals surface area contributed by atoms with E-state index in [1.807, 2.05) is 66.1 Å². The maximum Gasteiger partial charge on any atom is 0.261 e. The van der Waals surface area contributed by atoms with Gasteiger partial charge < -0.3 is 14.9 Å². The van der Waals surface area contributed by atoms with Crippen molar-refractivity contribution in [1.82, 2.24) is 9.55 Å². The summed E-state index contributed by atoms with van der Waals surface area (Å²) >= 11 is 0. The van der Waals surface area contributed by atoms with Gasteiger partial charge in [0.15, 0.2) is 0 Å². The summed E-state index contributed by atoms with van der Waals surface area (Å²) in [5.74, 6) is 2.64. The summed E-state index contributed by atoms with van der Waals surface area (Å²) in [6, 6.07) is 20.7. The van der Waals surface area contributed by atoms with Gasteiger partial charge >= 0.3 is 0 Å². The summed E-state index contributed by atoms with van der Waals surface area (Å²) in [6.45, 7) is 9.64. The van der Waals surface area contributed by atoms with Crippen molar-refractivity contribution in [2.75, 3.05) is 20.9 Å². The molecular formula is C36H49F3N2O4. The zero-order chi connectivity index (χ0) is 33.8. The lowest BCUT2D eigenvalue weighted by Gasteiger charge is -2.23. The number of aromatic nitrogens is 2. The average Bonchev–Trinajstić information content (AvgIpc) is 3.10. The van der Waals surface area contributed by atoms with E-state index in [4.69, 9.17) is 24.0 Å². The molecule has 4 aromatic rings. The van der Waals surface area contributed by atoms with E-state index in [-0.39, 0.29) is 11.3 Å². The molecule has 4 rings (SSSR count). The molecule has 0 amide bonds. The number of aliphatic hydroxyl groups excluding tert-OH is 1. The first kappa shape index (κ1) is 39.2. The highest BCUT2D eigenvalue weighted by Gasteiger charge is 2.19. The summed E-state index contributed by atoms with van der Waals surface area (Å²) in [5, 5.41) is 18.2. The molecule has 9 heteroatoms. The number of methoxy groups -OCH3 is 1. The van der Waals surface area contributed by atoms with Crippen molar-refractivity contribution in [3.8, 4) is 34.0 Å². The normalized spacial score (nSPS) is 11.6. The Kier molecular flexibility index (Phi) is 19.0. The van der Waals surface area contributed by atoms with Crippen molar-refractivity contribution in [2.45, 2.75) is 72.8 Å². The molecule has 2 atom stereocenters. The Labute approximate surface area is 265 Å². The van der Waals surface area contributed by atoms with E-state index in [9.17, 15) is 14.3 Å². The average molecular weight is 631 g/mol. The molecule has 6 nitrogen and oxygen atoms in total. The Morgan fingerprint density at radius 1 is 0.911 bits per heavy atom. The Morgan fingerprint density at radius 3 is 2.13 bits per heavy atom. The van der Waals surface area contributed by atoms with Gasteiger partial charge in [0.1, 0.15) is 17.3 Å². The summed E-state index contributed by atoms with van der Waals surface area (Å²) < 4.78 is 32.9. The minimum atomic E-state index is -0.0194. The van der Waals surface area contributed by atoms with Crippen LogP contribution in [0, 0.1) is 11.8 Å². The third-order valence-electron chi connectivity index (χ3n) is 7.55. The van der Waals surface area contributed by atoms with Crippen molar-refractivity contribution in [2.24, 2.45) is 11.8 Å². The first-order valence-electron chi connectivity index (χ1n) is 15.5. The molecule has 3 aromatic carbocycles. The van der Waals surface area contributed by atoms with Gasteiger partial charge in [-0.1, -0.05) is 77.3 Å². The lowest BCUT2D eigenvalue weighted by molar-refractivity contribution is 0.108. The number of nitrogens with zero attached hydrogens (tertiary/aromatic N) is 2. The molecule has 2 N–H and O–H groups in total. The lowest BCUT2D eigenvalue weighted by Crippen LogP contribution is -2.28. The van der Waals surface area contributed by atoms with Gasteiger partial charge in [-0.25, -0.2) is 4.98 Å². The van der Waals surface area contributed by atoms with Gasteiger partial charge in [-0.2, -0.15) is 0 Å². The summed E-state index contributed by atoms with van der Waals surface area (Å²) in [4.78, 5) is 19.2. The van der Waals surface area contributed by atoms with Gasteiger partial charge in [-0.05, 0) is 78.6 Å². The Balaban J connectivity index is 0.00000115. The van der Waals surface area contributed by atoms with Gasteiger partial charge in [0.2, 0.25) is 0 Å². The minimum absolute atomic E-state index is 0.0194. The number of hydrogen-bond acceptors (Lipinski definition) is 5. The molecule has 0 saturated carbocycles. The number of ether oxygens (including phenoxy) is 1. The molecular weight excluding hydrogens is 581 g/mol. The molecule has 0 saturated heterocycles. The summed E-state index contributed by atoms with van der Waals surface area (Å²) in [5.41, 5.74) is 3.40. The number of phenolic OH excluding ortho intramolecular Hbond substituents is 1. The summed E-state index contributed by atoms with van der Waals surface area (Å²) in [7, 11) is 2.15. The largest absolute Gasteiger partial charge is 0.508 e. The van der Waals surface area contributed by atoms with Gasteiger partial charge in [0.05, 0.1) is 25.2 Å². The van der Waals surface area contributed by atoms with Crippen LogP contribution in [0.2, 0.25) is 0 Å². The molecule has 0 aliphatic carbocycles. The van der Waals surface area contributed by atoms with Crippen LogP contribution in [-0.4, -0.2) is 40.7 Å². The Morgan fingerprint density at radius 2 is 1.56 bits per heavy atom. The van der Waals surface area contributed by atoms with Crippen molar-refractivity contribution < 1.29 is 28.5 Å². The highest BCUT2D eigenvalue weighted by atomic mass is 20.0. The first-order valence-corrected chi connectivity index (χ1v) is 15.5. The van der Waals surface area contributed by atoms with Crippen molar-refractivity contribution in [3.05, 3.63) is 77.1 Å². The number of aromatic hydroxyl groups is 1. The van der Waals surface area contributed by atoms with Gasteiger partial charge in [0.25, 0.3) is 5.56 Å². The highest BCUT2D eigenvalue weighted by molar-refractivity contribution is 5.85. The van der Waals surface area contributed by atoms with Crippen molar-refractivity contribution in [1.29, 1.82) is 0 Å². The fraction of sp³-hybridized carbons (Fsp3) is 0.444. The molecule has 45 heavy (non-hydrogen) atoms. The number of fused-ring (bicyclic) bond motifs is 1. The van der Waals surface area contributed by atoms with Crippen LogP contribution in [0.4, 0.5) is 13.5 Å². The maximum absolute atomic E-state index is 14.1. The maximum atomic E-state index is 14.1. The standard InChI is InChI=1S/C32H38N2O3.C3H8O.CH3F.F2/c1-5-7-9-23(18-22(3)6-2)21-34-31(26-10-8-11-28(19-26)37-4)33-30-17-14-25(20-29(30)32(34)36)24-12-15-27(35)16-13-24;1-2-3-4;2*1-2/h8,10-17,19-20,22-23,35H,5-7,9,18,21H2,1-4H3;4H,2-3H2,1H3;1H3;. The second kappa shape index (κ2) is 21.8. The van der Waals surface area contributed by atoms with Crippen molar-refractivity contribution >= 4 is 10.9 Å². The van der Waals surface area contributed by atoms with Gasteiger partial charge in [0, 0.05) is 27.9 Å². The zero-order valence-corrected chi connectivity index (χ0v) is 27.4. The predicted molar refractivity (Wildman–Crippen MR) is 179 cm³/mol. The van der Waals surface area contributed by atoms with E-state index in [2.05, 4.69) is 20.8 Å². The van der Waals surface area contributed by atoms with E-state index in [1.165, 1.54) is 0 Å². The zero-order valence-electron chi connectivity index (χ0n) is 27.4. The Bertz CT molecular complexity index is 1440. The van der Waals surface area contributed by atoms with Crippen LogP contribution in [0.5, 0.6) is 11.5 Å². The van der Waals surface area contributed by atoms with E-state index >= 15 is 0 Å². The summed E-state index contributed by atoms with van der Waals surface area (Å²) in [6.07, 6.45) is 6.48. The monoisotopic (exact) mass is 630 g/mol. The van der Waals surface area contributed by atoms with Crippen LogP contribution in [0.25, 0.3) is 33.4 Å². The van der Waals surface area contributed by atoms with Crippen LogP contribution in [0.15, 0.2) is 71.5 Å². The predicted octanol–water partition coefficient (Wildman–Crippen LogP) is 9.50. The van der Waals surface area contributed by atoms with Crippen LogP contribution in [0.1, 0.15) is 66.2 Å². The van der Waals surface area contributed by atoms with E-state index < -0.39 is 0 Å². The minimum Gasteiger partial charge on any atom is -0.508 e. The van der Waals surface area contributed by atoms with Gasteiger partial charge in [-0.3, -0.25) is 13.8 Å². The van der Waals surface area contributed by atoms with Crippen LogP contribution < -0.4 is 10.3 Å². The molecule has 1 aromatic heterocycles. The number of unbranched alkanes of at least 4 members (excludes halogenated alkanes) is 1. The van der Waals surface area contributed by atoms with E-state index in [0.29, 0.717) is 48.9 Å². The van der Waals surface area contributed by atoms with Crippen LogP contribution in [0.3, 0.4) is 0 Å². The number of halogens is 3. The lowest BCUT2D eigenvalue weighted by atomic mass is 9.90. The van der Waals surface area contributed by atoms with Crippen LogP contribution in [-0.2, 0) is 6.54 Å². The molecule has 0 aliphatic rings. The van der Waals surface area contributed by atoms with E-state index in [0.717, 1.165) is 61.0 Å². The van der Waals surface area contributed by atoms with Crippen molar-refractivity contribution in [3.63, 3.8) is 0 Å². The third-order valence-corrected chi connectivity index (χ3v) is 7.55. The Hall–Kier alpha value is -3.85. The topological polar surface area (TPSA) is 84.6 Å².